The fraction of sp³-hybridized carbons (Fsp3) is 0.222. The molecule has 8 nitrogen and oxygen atoms in total. The zero-order chi connectivity index (χ0) is 24.6. The van der Waals surface area contributed by atoms with E-state index >= 15 is 0 Å². The minimum absolute atomic E-state index is 0.105. The number of benzene rings is 2. The normalized spacial score (nSPS) is 10.8. The van der Waals surface area contributed by atoms with Crippen LogP contribution in [0.3, 0.4) is 0 Å². The zero-order valence-electron chi connectivity index (χ0n) is 19.4. The number of carboxylic acid groups (broad SMARTS) is 1. The van der Waals surface area contributed by atoms with Gasteiger partial charge in [-0.3, -0.25) is 9.78 Å². The van der Waals surface area contributed by atoms with Crippen molar-refractivity contribution in [1.82, 2.24) is 19.7 Å². The smallest absolute Gasteiger partial charge is 0.449 e. The Bertz CT molecular complexity index is 1300. The number of carbonyl (C=O) groups is 2. The molecule has 0 bridgehead atoms. The Hall–Kier alpha value is -4.33. The van der Waals surface area contributed by atoms with Crippen LogP contribution in [0.2, 0.25) is 0 Å². The van der Waals surface area contributed by atoms with Gasteiger partial charge in [0.25, 0.3) is 0 Å². The van der Waals surface area contributed by atoms with Crippen molar-refractivity contribution in [2.75, 3.05) is 0 Å². The van der Waals surface area contributed by atoms with Crippen LogP contribution in [0.5, 0.6) is 5.75 Å². The number of ketones is 1. The fourth-order valence-electron chi connectivity index (χ4n) is 3.76. The molecule has 0 amide bonds. The molecule has 8 heteroatoms. The van der Waals surface area contributed by atoms with Crippen LogP contribution in [-0.4, -0.2) is 36.8 Å². The lowest BCUT2D eigenvalue weighted by Crippen LogP contribution is -2.09. The summed E-state index contributed by atoms with van der Waals surface area (Å²) in [6.07, 6.45) is 4.55. The maximum absolute atomic E-state index is 12.8. The summed E-state index contributed by atoms with van der Waals surface area (Å²) in [4.78, 5) is 32.3. The van der Waals surface area contributed by atoms with E-state index in [1.165, 1.54) is 6.20 Å². The molecule has 35 heavy (non-hydrogen) atoms. The summed E-state index contributed by atoms with van der Waals surface area (Å²) in [5.74, 6) is 1.10. The maximum atomic E-state index is 12.8. The molecule has 0 aliphatic carbocycles. The molecule has 2 aromatic carbocycles. The number of unbranched alkanes of at least 4 members (excludes halogenated alkanes) is 1. The van der Waals surface area contributed by atoms with Gasteiger partial charge in [0.05, 0.1) is 12.7 Å². The van der Waals surface area contributed by atoms with Crippen LogP contribution in [0, 0.1) is 0 Å². The number of ether oxygens (including phenoxy) is 1. The first-order valence-corrected chi connectivity index (χ1v) is 11.5. The van der Waals surface area contributed by atoms with Crippen LogP contribution < -0.4 is 4.74 Å². The number of aromatic nitrogens is 4. The average molecular weight is 471 g/mol. The van der Waals surface area contributed by atoms with Gasteiger partial charge >= 0.3 is 6.16 Å². The van der Waals surface area contributed by atoms with Crippen molar-refractivity contribution in [3.05, 3.63) is 95.8 Å². The van der Waals surface area contributed by atoms with Crippen LogP contribution in [0.4, 0.5) is 4.79 Å². The first kappa shape index (κ1) is 23.8. The van der Waals surface area contributed by atoms with E-state index in [0.717, 1.165) is 41.8 Å². The number of pyridine rings is 1. The number of rotatable bonds is 10. The third-order valence-corrected chi connectivity index (χ3v) is 5.54. The molecular weight excluding hydrogens is 444 g/mol. The second-order valence-corrected chi connectivity index (χ2v) is 8.14. The molecule has 0 radical (unpaired) electrons. The van der Waals surface area contributed by atoms with E-state index in [1.54, 1.807) is 16.9 Å². The van der Waals surface area contributed by atoms with Gasteiger partial charge in [-0.2, -0.15) is 0 Å². The third-order valence-electron chi connectivity index (χ3n) is 5.54. The van der Waals surface area contributed by atoms with Gasteiger partial charge in [0.1, 0.15) is 5.82 Å². The molecule has 178 valence electrons. The minimum Gasteiger partial charge on any atom is -0.449 e. The minimum atomic E-state index is -1.39. The molecule has 0 aliphatic rings. The van der Waals surface area contributed by atoms with E-state index < -0.39 is 6.16 Å². The summed E-state index contributed by atoms with van der Waals surface area (Å²) in [6.45, 7) is 2.59. The van der Waals surface area contributed by atoms with Crippen molar-refractivity contribution in [3.63, 3.8) is 0 Å². The Balaban J connectivity index is 1.54. The molecule has 0 spiro atoms. The standard InChI is InChI=1S/C27H26N4O4/c1-2-3-9-25-29-26(23(32)16-19-7-5-4-6-8-19)30-31(25)18-20-10-12-21(13-11-20)22-14-15-28-17-24(22)35-27(33)34/h4-8,10-15,17H,2-3,9,16,18H2,1H3,(H,33,34). The van der Waals surface area contributed by atoms with E-state index in [2.05, 4.69) is 22.0 Å². The number of hydrogen-bond donors (Lipinski definition) is 1. The largest absolute Gasteiger partial charge is 0.511 e. The van der Waals surface area contributed by atoms with E-state index in [9.17, 15) is 9.59 Å². The van der Waals surface area contributed by atoms with Gasteiger partial charge in [0.2, 0.25) is 11.6 Å². The number of nitrogens with zero attached hydrogens (tertiary/aromatic N) is 4. The summed E-state index contributed by atoms with van der Waals surface area (Å²) in [5, 5.41) is 13.5. The van der Waals surface area contributed by atoms with Gasteiger partial charge in [-0.15, -0.1) is 5.10 Å². The fourth-order valence-corrected chi connectivity index (χ4v) is 3.76. The van der Waals surface area contributed by atoms with E-state index in [4.69, 9.17) is 9.84 Å². The van der Waals surface area contributed by atoms with Gasteiger partial charge < -0.3 is 9.84 Å². The summed E-state index contributed by atoms with van der Waals surface area (Å²) in [7, 11) is 0. The molecule has 1 N–H and O–H groups in total. The van der Waals surface area contributed by atoms with Crippen LogP contribution in [0.25, 0.3) is 11.1 Å². The first-order valence-electron chi connectivity index (χ1n) is 11.5. The highest BCUT2D eigenvalue weighted by Crippen LogP contribution is 2.29. The summed E-state index contributed by atoms with van der Waals surface area (Å²) in [6, 6.07) is 19.0. The summed E-state index contributed by atoms with van der Waals surface area (Å²) in [5.41, 5.74) is 3.35. The predicted octanol–water partition coefficient (Wildman–Crippen LogP) is 5.21. The molecule has 0 aliphatic heterocycles. The number of carbonyl (C=O) groups excluding carboxylic acids is 1. The van der Waals surface area contributed by atoms with Crippen molar-refractivity contribution in [2.45, 2.75) is 39.2 Å². The Morgan fingerprint density at radius 1 is 1.00 bits per heavy atom. The Kier molecular flexibility index (Phi) is 7.62. The number of Topliss-reactive ketones (excluding diaryl/α,β-unsaturated/α-hetero) is 1. The van der Waals surface area contributed by atoms with Gasteiger partial charge in [-0.05, 0) is 29.2 Å². The highest BCUT2D eigenvalue weighted by Gasteiger charge is 2.17. The first-order chi connectivity index (χ1) is 17.0. The Morgan fingerprint density at radius 3 is 2.49 bits per heavy atom. The maximum Gasteiger partial charge on any atom is 0.511 e. The molecule has 0 saturated carbocycles. The number of aryl methyl sites for hydroxylation is 1. The quantitative estimate of drug-likeness (QED) is 0.250. The molecule has 2 aromatic heterocycles. The molecule has 2 heterocycles. The zero-order valence-corrected chi connectivity index (χ0v) is 19.4. The third kappa shape index (κ3) is 6.17. The lowest BCUT2D eigenvalue weighted by molar-refractivity contribution is 0.0982. The lowest BCUT2D eigenvalue weighted by atomic mass is 10.0. The molecule has 0 saturated heterocycles. The van der Waals surface area contributed by atoms with Crippen LogP contribution >= 0.6 is 0 Å². The van der Waals surface area contributed by atoms with Crippen molar-refractivity contribution < 1.29 is 19.4 Å². The second kappa shape index (κ2) is 11.2. The van der Waals surface area contributed by atoms with Crippen molar-refractivity contribution in [2.24, 2.45) is 0 Å². The van der Waals surface area contributed by atoms with Crippen molar-refractivity contribution in [3.8, 4) is 16.9 Å². The summed E-state index contributed by atoms with van der Waals surface area (Å²) >= 11 is 0. The SMILES string of the molecule is CCCCc1nc(C(=O)Cc2ccccc2)nn1Cc1ccc(-c2ccncc2OC(=O)O)cc1. The van der Waals surface area contributed by atoms with E-state index in [1.807, 2.05) is 54.6 Å². The average Bonchev–Trinajstić information content (AvgIpc) is 3.26. The van der Waals surface area contributed by atoms with Gasteiger partial charge in [-0.1, -0.05) is 67.9 Å². The molecule has 0 atom stereocenters. The summed E-state index contributed by atoms with van der Waals surface area (Å²) < 4.78 is 6.65. The molecule has 4 aromatic rings. The molecule has 0 fully saturated rings. The highest BCUT2D eigenvalue weighted by molar-refractivity contribution is 5.94. The van der Waals surface area contributed by atoms with Crippen molar-refractivity contribution >= 4 is 11.9 Å². The van der Waals surface area contributed by atoms with E-state index in [-0.39, 0.29) is 23.8 Å². The van der Waals surface area contributed by atoms with Gasteiger partial charge in [0, 0.05) is 24.6 Å². The molecule has 0 unspecified atom stereocenters. The van der Waals surface area contributed by atoms with Crippen LogP contribution in [-0.2, 0) is 19.4 Å². The molecule has 4 rings (SSSR count). The Morgan fingerprint density at radius 2 is 1.77 bits per heavy atom. The number of hydrogen-bond acceptors (Lipinski definition) is 6. The Labute approximate surface area is 203 Å². The lowest BCUT2D eigenvalue weighted by Gasteiger charge is -2.09. The van der Waals surface area contributed by atoms with Crippen LogP contribution in [0.15, 0.2) is 73.1 Å². The van der Waals surface area contributed by atoms with E-state index in [0.29, 0.717) is 12.1 Å². The van der Waals surface area contributed by atoms with Gasteiger partial charge in [0.15, 0.2) is 5.75 Å². The second-order valence-electron chi connectivity index (χ2n) is 8.14. The topological polar surface area (TPSA) is 107 Å². The van der Waals surface area contributed by atoms with Gasteiger partial charge in [-0.25, -0.2) is 14.5 Å². The molecular formula is C27H26N4O4. The monoisotopic (exact) mass is 470 g/mol. The predicted molar refractivity (Wildman–Crippen MR) is 131 cm³/mol. The highest BCUT2D eigenvalue weighted by atomic mass is 16.7. The van der Waals surface area contributed by atoms with Crippen LogP contribution in [0.1, 0.15) is 47.3 Å². The van der Waals surface area contributed by atoms with Crippen molar-refractivity contribution in [1.29, 1.82) is 0 Å².